The van der Waals surface area contributed by atoms with E-state index in [1.165, 1.54) is 0 Å². The van der Waals surface area contributed by atoms with Gasteiger partial charge >= 0.3 is 0 Å². The number of alkyl halides is 3. The number of rotatable bonds is 2. The van der Waals surface area contributed by atoms with Crippen molar-refractivity contribution in [3.63, 3.8) is 0 Å². The molecule has 0 N–H and O–H groups in total. The van der Waals surface area contributed by atoms with E-state index >= 15 is 0 Å². The Balaban J connectivity index is 3.41. The minimum absolute atomic E-state index is 0.0555. The zero-order chi connectivity index (χ0) is 10.7. The van der Waals surface area contributed by atoms with Crippen LogP contribution in [0.5, 0.6) is 0 Å². The first-order valence-corrected chi connectivity index (χ1v) is 5.45. The Hall–Kier alpha value is -0.540. The topological polar surface area (TPSA) is 36.7 Å². The highest BCUT2D eigenvalue weighted by Crippen LogP contribution is 2.27. The maximum Gasteiger partial charge on any atom is 0.265 e. The number of nitriles is 1. The highest BCUT2D eigenvalue weighted by molar-refractivity contribution is 9.10. The first-order chi connectivity index (χ1) is 6.60. The molecule has 0 aromatic carbocycles. The van der Waals surface area contributed by atoms with E-state index in [0.29, 0.717) is 10.3 Å². The van der Waals surface area contributed by atoms with Gasteiger partial charge in [0.05, 0.1) is 11.3 Å². The van der Waals surface area contributed by atoms with E-state index < -0.39 is 6.43 Å². The van der Waals surface area contributed by atoms with E-state index in [2.05, 4.69) is 36.8 Å². The summed E-state index contributed by atoms with van der Waals surface area (Å²) in [5.41, 5.74) is -0.0268. The highest BCUT2D eigenvalue weighted by Gasteiger charge is 2.17. The van der Waals surface area contributed by atoms with Crippen LogP contribution in [0.2, 0.25) is 0 Å². The van der Waals surface area contributed by atoms with E-state index in [4.69, 9.17) is 5.26 Å². The third-order valence-electron chi connectivity index (χ3n) is 1.57. The number of nitrogens with zero attached hydrogens (tertiary/aromatic N) is 2. The third-order valence-corrected chi connectivity index (χ3v) is 2.50. The molecule has 0 bridgehead atoms. The van der Waals surface area contributed by atoms with Gasteiger partial charge in [-0.05, 0) is 22.0 Å². The van der Waals surface area contributed by atoms with Crippen molar-refractivity contribution in [2.45, 2.75) is 11.8 Å². The molecule has 0 spiro atoms. The number of halogens is 4. The van der Waals surface area contributed by atoms with Crippen LogP contribution in [0.3, 0.4) is 0 Å². The molecule has 2 nitrogen and oxygen atoms in total. The lowest BCUT2D eigenvalue weighted by Gasteiger charge is -2.06. The van der Waals surface area contributed by atoms with Gasteiger partial charge in [-0.1, -0.05) is 15.9 Å². The Morgan fingerprint density at radius 3 is 2.64 bits per heavy atom. The molecular weight excluding hydrogens is 322 g/mol. The average Bonchev–Trinajstić information content (AvgIpc) is 2.16. The fraction of sp³-hybridized carbons (Fsp3) is 0.250. The lowest BCUT2D eigenvalue weighted by Crippen LogP contribution is -1.99. The largest absolute Gasteiger partial charge is 0.265 e. The first-order valence-electron chi connectivity index (χ1n) is 3.53. The second kappa shape index (κ2) is 4.80. The molecule has 74 valence electrons. The van der Waals surface area contributed by atoms with Crippen molar-refractivity contribution in [2.24, 2.45) is 0 Å². The molecular formula is C8H4Br2F2N2. The number of aromatic nitrogens is 1. The van der Waals surface area contributed by atoms with Gasteiger partial charge in [-0.2, -0.15) is 5.26 Å². The lowest BCUT2D eigenvalue weighted by atomic mass is 10.1. The summed E-state index contributed by atoms with van der Waals surface area (Å²) in [6, 6.07) is 2.89. The molecule has 0 radical (unpaired) electrons. The molecule has 6 heteroatoms. The zero-order valence-corrected chi connectivity index (χ0v) is 9.94. The predicted molar refractivity (Wildman–Crippen MR) is 54.2 cm³/mol. The molecule has 0 saturated carbocycles. The van der Waals surface area contributed by atoms with Crippen LogP contribution in [0, 0.1) is 11.3 Å². The SMILES string of the molecule is N#Cc1c(C(F)F)cc(Br)nc1CBr. The van der Waals surface area contributed by atoms with Crippen molar-refractivity contribution < 1.29 is 8.78 Å². The minimum atomic E-state index is -2.67. The lowest BCUT2D eigenvalue weighted by molar-refractivity contribution is 0.150. The van der Waals surface area contributed by atoms with E-state index in [1.807, 2.05) is 0 Å². The Morgan fingerprint density at radius 2 is 2.21 bits per heavy atom. The summed E-state index contributed by atoms with van der Waals surface area (Å²) < 4.78 is 25.3. The fourth-order valence-corrected chi connectivity index (χ4v) is 1.85. The van der Waals surface area contributed by atoms with E-state index in [0.717, 1.165) is 6.07 Å². The van der Waals surface area contributed by atoms with Gasteiger partial charge in [0.15, 0.2) is 0 Å². The van der Waals surface area contributed by atoms with Crippen molar-refractivity contribution in [1.82, 2.24) is 4.98 Å². The first kappa shape index (κ1) is 11.5. The number of hydrogen-bond donors (Lipinski definition) is 0. The molecule has 0 aliphatic heterocycles. The van der Waals surface area contributed by atoms with Gasteiger partial charge in [0.25, 0.3) is 6.43 Å². The smallest absolute Gasteiger partial charge is 0.244 e. The van der Waals surface area contributed by atoms with Crippen LogP contribution in [0.1, 0.15) is 23.2 Å². The Kier molecular flexibility index (Phi) is 3.96. The Morgan fingerprint density at radius 1 is 1.57 bits per heavy atom. The molecule has 1 rings (SSSR count). The van der Waals surface area contributed by atoms with E-state index in [-0.39, 0.29) is 16.5 Å². The minimum Gasteiger partial charge on any atom is -0.244 e. The predicted octanol–water partition coefficient (Wildman–Crippen LogP) is 3.55. The van der Waals surface area contributed by atoms with Crippen molar-refractivity contribution in [3.05, 3.63) is 27.5 Å². The molecule has 1 aromatic rings. The summed E-state index contributed by atoms with van der Waals surface area (Å²) in [5, 5.41) is 8.98. The van der Waals surface area contributed by atoms with Crippen LogP contribution in [0.4, 0.5) is 8.78 Å². The summed E-state index contributed by atoms with van der Waals surface area (Å²) in [6.45, 7) is 0. The summed E-state index contributed by atoms with van der Waals surface area (Å²) in [5.74, 6) is 0. The zero-order valence-electron chi connectivity index (χ0n) is 6.77. The summed E-state index contributed by atoms with van der Waals surface area (Å²) >= 11 is 6.10. The maximum absolute atomic E-state index is 12.5. The van der Waals surface area contributed by atoms with Gasteiger partial charge in [-0.25, -0.2) is 13.8 Å². The maximum atomic E-state index is 12.5. The summed E-state index contributed by atoms with van der Waals surface area (Å²) in [6.07, 6.45) is -2.67. The van der Waals surface area contributed by atoms with Crippen LogP contribution in [-0.4, -0.2) is 4.98 Å². The molecule has 0 aliphatic rings. The van der Waals surface area contributed by atoms with Gasteiger partial charge in [-0.15, -0.1) is 0 Å². The molecule has 0 amide bonds. The molecule has 0 atom stereocenters. The van der Waals surface area contributed by atoms with Gasteiger partial charge in [0.1, 0.15) is 10.7 Å². The third kappa shape index (κ3) is 2.28. The second-order valence-corrected chi connectivity index (χ2v) is 3.78. The second-order valence-electron chi connectivity index (χ2n) is 2.40. The summed E-state index contributed by atoms with van der Waals surface area (Å²) in [7, 11) is 0. The van der Waals surface area contributed by atoms with Gasteiger partial charge in [0.2, 0.25) is 0 Å². The number of pyridine rings is 1. The van der Waals surface area contributed by atoms with Crippen molar-refractivity contribution in [3.8, 4) is 6.07 Å². The fourth-order valence-electron chi connectivity index (χ4n) is 0.982. The molecule has 0 saturated heterocycles. The summed E-state index contributed by atoms with van der Waals surface area (Å²) in [4.78, 5) is 3.92. The quantitative estimate of drug-likeness (QED) is 0.616. The highest BCUT2D eigenvalue weighted by atomic mass is 79.9. The van der Waals surface area contributed by atoms with Crippen LogP contribution in [-0.2, 0) is 5.33 Å². The molecule has 0 fully saturated rings. The van der Waals surface area contributed by atoms with Gasteiger partial charge in [0, 0.05) is 10.9 Å². The van der Waals surface area contributed by atoms with Crippen molar-refractivity contribution >= 4 is 31.9 Å². The average molecular weight is 326 g/mol. The van der Waals surface area contributed by atoms with E-state index in [1.54, 1.807) is 6.07 Å². The van der Waals surface area contributed by atoms with Gasteiger partial charge < -0.3 is 0 Å². The molecule has 1 heterocycles. The van der Waals surface area contributed by atoms with Crippen molar-refractivity contribution in [2.75, 3.05) is 0 Å². The van der Waals surface area contributed by atoms with Crippen LogP contribution in [0.15, 0.2) is 10.7 Å². The van der Waals surface area contributed by atoms with Crippen molar-refractivity contribution in [1.29, 1.82) is 5.26 Å². The molecule has 0 unspecified atom stereocenters. The molecule has 1 aromatic heterocycles. The standard InChI is InChI=1S/C8H4Br2F2N2/c9-2-6-5(3-13)4(8(11)12)1-7(10)14-6/h1,8H,2H2. The Labute approximate surface area is 96.2 Å². The molecule has 0 aliphatic carbocycles. The van der Waals surface area contributed by atoms with Gasteiger partial charge in [-0.3, -0.25) is 0 Å². The van der Waals surface area contributed by atoms with Crippen LogP contribution < -0.4 is 0 Å². The van der Waals surface area contributed by atoms with Crippen LogP contribution >= 0.6 is 31.9 Å². The van der Waals surface area contributed by atoms with Crippen LogP contribution in [0.25, 0.3) is 0 Å². The van der Waals surface area contributed by atoms with E-state index in [9.17, 15) is 8.78 Å². The normalized spacial score (nSPS) is 10.3. The number of hydrogen-bond acceptors (Lipinski definition) is 2. The molecule has 14 heavy (non-hydrogen) atoms. The Bertz CT molecular complexity index is 388. The monoisotopic (exact) mass is 324 g/mol.